The van der Waals surface area contributed by atoms with Crippen molar-refractivity contribution in [2.24, 2.45) is 0 Å². The Morgan fingerprint density at radius 1 is 1.29 bits per heavy atom. The maximum Gasteiger partial charge on any atom is 1.00 e. The maximum atomic E-state index is 6.19. The summed E-state index contributed by atoms with van der Waals surface area (Å²) in [5.41, 5.74) is 0. The molecule has 0 nitrogen and oxygen atoms in total. The molecule has 0 atom stereocenters. The van der Waals surface area contributed by atoms with Gasteiger partial charge in [0.15, 0.2) is 0 Å². The van der Waals surface area contributed by atoms with Gasteiger partial charge >= 0.3 is 18.9 Å². The summed E-state index contributed by atoms with van der Waals surface area (Å²) in [6.07, 6.45) is 10.9. The number of hydrogen-bond acceptors (Lipinski definition) is 0. The number of hydrogen-bond donors (Lipinski definition) is 0. The molecule has 7 heavy (non-hydrogen) atoms. The predicted octanol–water partition coefficient (Wildman–Crippen LogP) is -2.78. The third kappa shape index (κ3) is 10.9. The minimum atomic E-state index is 0. The Morgan fingerprint density at radius 3 is 2.00 bits per heavy atom. The van der Waals surface area contributed by atoms with Crippen molar-refractivity contribution in [3.05, 3.63) is 6.42 Å². The van der Waals surface area contributed by atoms with Crippen molar-refractivity contribution in [3.8, 4) is 30.1 Å². The summed E-state index contributed by atoms with van der Waals surface area (Å²) >= 11 is 0. The summed E-state index contributed by atoms with van der Waals surface area (Å²) in [5.74, 6) is 8.15. The van der Waals surface area contributed by atoms with Gasteiger partial charge < -0.3 is 6.42 Å². The molecule has 0 rings (SSSR count). The van der Waals surface area contributed by atoms with E-state index in [4.69, 9.17) is 6.42 Å². The van der Waals surface area contributed by atoms with Crippen LogP contribution in [0.4, 0.5) is 0 Å². The minimum Gasteiger partial charge on any atom is -0.358 e. The summed E-state index contributed by atoms with van der Waals surface area (Å²) < 4.78 is 0. The van der Waals surface area contributed by atoms with Crippen LogP contribution in [0.5, 0.6) is 0 Å². The summed E-state index contributed by atoms with van der Waals surface area (Å²) in [7, 11) is 0. The van der Waals surface area contributed by atoms with Gasteiger partial charge in [0.1, 0.15) is 0 Å². The minimum absolute atomic E-state index is 0. The normalized spacial score (nSPS) is 2.57. The fraction of sp³-hybridized carbons (Fsp3) is 0. The molecule has 1 heteroatoms. The van der Waals surface area contributed by atoms with Crippen LogP contribution < -0.4 is 18.9 Å². The largest absolute Gasteiger partial charge is 1.00 e. The van der Waals surface area contributed by atoms with Gasteiger partial charge in [-0.2, -0.15) is 0 Å². The van der Waals surface area contributed by atoms with E-state index in [2.05, 4.69) is 18.3 Å². The van der Waals surface area contributed by atoms with Crippen molar-refractivity contribution in [1.82, 2.24) is 0 Å². The van der Waals surface area contributed by atoms with E-state index >= 15 is 0 Å². The third-order valence-corrected chi connectivity index (χ3v) is 0.197. The second-order valence-electron chi connectivity index (χ2n) is 0.519. The zero-order chi connectivity index (χ0) is 4.83. The smallest absolute Gasteiger partial charge is 0.358 e. The third-order valence-electron chi connectivity index (χ3n) is 0.197. The van der Waals surface area contributed by atoms with Crippen LogP contribution in [0.1, 0.15) is 0 Å². The first kappa shape index (κ1) is 9.56. The van der Waals surface area contributed by atoms with Crippen LogP contribution in [0.2, 0.25) is 0 Å². The summed E-state index contributed by atoms with van der Waals surface area (Å²) in [5, 5.41) is 0. The van der Waals surface area contributed by atoms with Gasteiger partial charge in [0.2, 0.25) is 0 Å². The molecule has 0 aliphatic carbocycles. The average molecular weight is 80.0 g/mol. The van der Waals surface area contributed by atoms with Crippen LogP contribution in [0, 0.1) is 36.5 Å². The van der Waals surface area contributed by atoms with Crippen molar-refractivity contribution < 1.29 is 18.9 Å². The van der Waals surface area contributed by atoms with E-state index < -0.39 is 0 Å². The van der Waals surface area contributed by atoms with Crippen LogP contribution in [-0.2, 0) is 0 Å². The topological polar surface area (TPSA) is 0 Å². The molecule has 0 aromatic heterocycles. The van der Waals surface area contributed by atoms with Crippen molar-refractivity contribution in [3.63, 3.8) is 0 Å². The molecular formula is C6HLi. The molecule has 0 spiro atoms. The summed E-state index contributed by atoms with van der Waals surface area (Å²) in [4.78, 5) is 0. The monoisotopic (exact) mass is 80.0 g/mol. The first-order valence-electron chi connectivity index (χ1n) is 1.29. The van der Waals surface area contributed by atoms with Crippen LogP contribution in [0.3, 0.4) is 0 Å². The molecule has 26 valence electrons. The number of terminal acetylenes is 1. The molecule has 0 aromatic carbocycles. The van der Waals surface area contributed by atoms with Crippen molar-refractivity contribution in [2.45, 2.75) is 0 Å². The molecule has 0 amide bonds. The Balaban J connectivity index is 0. The van der Waals surface area contributed by atoms with E-state index in [9.17, 15) is 0 Å². The van der Waals surface area contributed by atoms with Gasteiger partial charge in [0.25, 0.3) is 0 Å². The predicted molar refractivity (Wildman–Crippen MR) is 23.7 cm³/mol. The molecule has 0 saturated carbocycles. The quantitative estimate of drug-likeness (QED) is 0.168. The van der Waals surface area contributed by atoms with E-state index in [0.29, 0.717) is 0 Å². The molecule has 0 N–H and O–H groups in total. The van der Waals surface area contributed by atoms with Crippen LogP contribution in [0.25, 0.3) is 0 Å². The molecule has 0 unspecified atom stereocenters. The SMILES string of the molecule is [C-]#CC#CC#C.[Li+]. The maximum absolute atomic E-state index is 6.19. The zero-order valence-electron chi connectivity index (χ0n) is 4.08. The van der Waals surface area contributed by atoms with Crippen molar-refractivity contribution in [2.75, 3.05) is 0 Å². The molecule has 0 bridgehead atoms. The fourth-order valence-electron chi connectivity index (χ4n) is 0.0673. The average Bonchev–Trinajstić information content (AvgIpc) is 1.61. The van der Waals surface area contributed by atoms with E-state index in [-0.39, 0.29) is 18.9 Å². The molecule has 0 heterocycles. The van der Waals surface area contributed by atoms with E-state index in [1.807, 2.05) is 11.8 Å². The van der Waals surface area contributed by atoms with E-state index in [1.165, 1.54) is 0 Å². The van der Waals surface area contributed by atoms with E-state index in [0.717, 1.165) is 0 Å². The number of rotatable bonds is 0. The Bertz CT molecular complexity index is 137. The Kier molecular flexibility index (Phi) is 12.3. The first-order chi connectivity index (χ1) is 2.91. The van der Waals surface area contributed by atoms with Gasteiger partial charge in [-0.1, -0.05) is 0 Å². The second kappa shape index (κ2) is 8.99. The van der Waals surface area contributed by atoms with Crippen LogP contribution >= 0.6 is 0 Å². The fourth-order valence-corrected chi connectivity index (χ4v) is 0.0673. The Hall–Kier alpha value is -0.723. The Labute approximate surface area is 55.9 Å². The molecule has 0 saturated heterocycles. The standard InChI is InChI=1S/C6H.Li/c1-3-5-6-4-2;/h1H;/q-1;+1. The second-order valence-corrected chi connectivity index (χ2v) is 0.519. The molecule has 0 radical (unpaired) electrons. The van der Waals surface area contributed by atoms with Crippen molar-refractivity contribution >= 4 is 0 Å². The van der Waals surface area contributed by atoms with Gasteiger partial charge in [0.05, 0.1) is 0 Å². The van der Waals surface area contributed by atoms with Crippen LogP contribution in [0.15, 0.2) is 0 Å². The summed E-state index contributed by atoms with van der Waals surface area (Å²) in [6.45, 7) is 0. The molecule has 0 aliphatic heterocycles. The molecule has 0 fully saturated rings. The molecule has 0 aromatic rings. The van der Waals surface area contributed by atoms with Gasteiger partial charge in [-0.15, -0.1) is 12.3 Å². The Morgan fingerprint density at radius 2 is 1.86 bits per heavy atom. The van der Waals surface area contributed by atoms with Crippen LogP contribution in [-0.4, -0.2) is 0 Å². The van der Waals surface area contributed by atoms with Gasteiger partial charge in [0, 0.05) is 0 Å². The molecule has 0 aliphatic rings. The first-order valence-corrected chi connectivity index (χ1v) is 1.29. The van der Waals surface area contributed by atoms with Crippen molar-refractivity contribution in [1.29, 1.82) is 0 Å². The van der Waals surface area contributed by atoms with Gasteiger partial charge in [-0.05, 0) is 5.92 Å². The zero-order valence-corrected chi connectivity index (χ0v) is 4.08. The van der Waals surface area contributed by atoms with E-state index in [1.54, 1.807) is 0 Å². The van der Waals surface area contributed by atoms with Gasteiger partial charge in [-0.3, -0.25) is 5.92 Å². The molecular weight excluding hydrogens is 79.0 g/mol. The summed E-state index contributed by atoms with van der Waals surface area (Å²) in [6, 6.07) is 0. The van der Waals surface area contributed by atoms with Gasteiger partial charge in [-0.25, -0.2) is 5.92 Å².